The molecular weight excluding hydrogens is 352 g/mol. The van der Waals surface area contributed by atoms with Gasteiger partial charge in [-0.25, -0.2) is 0 Å². The van der Waals surface area contributed by atoms with Crippen molar-refractivity contribution in [3.05, 3.63) is 59.5 Å². The van der Waals surface area contributed by atoms with Gasteiger partial charge < -0.3 is 14.3 Å². The summed E-state index contributed by atoms with van der Waals surface area (Å²) in [4.78, 5) is 21.2. The molecule has 2 aromatic heterocycles. The second kappa shape index (κ2) is 7.36. The van der Waals surface area contributed by atoms with Gasteiger partial charge in [-0.3, -0.25) is 9.78 Å². The van der Waals surface area contributed by atoms with Gasteiger partial charge in [-0.05, 0) is 56.1 Å². The van der Waals surface area contributed by atoms with E-state index < -0.39 is 0 Å². The molecule has 0 atom stereocenters. The first-order valence-corrected chi connectivity index (χ1v) is 10.1. The maximum atomic E-state index is 12.7. The SMILES string of the molecule is O=C1c2cnccc2CCN1CCN1CCC(c2noc3ccccc23)CC1. The highest BCUT2D eigenvalue weighted by Crippen LogP contribution is 2.32. The van der Waals surface area contributed by atoms with Crippen LogP contribution in [-0.4, -0.2) is 58.6 Å². The normalized spacial score (nSPS) is 18.6. The van der Waals surface area contributed by atoms with Crippen molar-refractivity contribution in [2.24, 2.45) is 0 Å². The molecule has 1 amide bonds. The molecule has 1 fully saturated rings. The first-order valence-electron chi connectivity index (χ1n) is 10.1. The van der Waals surface area contributed by atoms with E-state index in [4.69, 9.17) is 4.52 Å². The lowest BCUT2D eigenvalue weighted by molar-refractivity contribution is 0.0710. The first kappa shape index (κ1) is 17.4. The minimum Gasteiger partial charge on any atom is -0.356 e. The number of fused-ring (bicyclic) bond motifs is 2. The summed E-state index contributed by atoms with van der Waals surface area (Å²) in [7, 11) is 0. The molecule has 4 heterocycles. The molecule has 0 spiro atoms. The topological polar surface area (TPSA) is 62.5 Å². The smallest absolute Gasteiger partial charge is 0.255 e. The molecular formula is C22H24N4O2. The number of amides is 1. The van der Waals surface area contributed by atoms with Gasteiger partial charge >= 0.3 is 0 Å². The molecule has 0 N–H and O–H groups in total. The summed E-state index contributed by atoms with van der Waals surface area (Å²) in [6.07, 6.45) is 6.56. The largest absolute Gasteiger partial charge is 0.356 e. The Kier molecular flexibility index (Phi) is 4.56. The maximum Gasteiger partial charge on any atom is 0.255 e. The van der Waals surface area contributed by atoms with E-state index in [-0.39, 0.29) is 5.91 Å². The summed E-state index contributed by atoms with van der Waals surface area (Å²) in [5, 5.41) is 5.49. The standard InChI is InChI=1S/C22H24N4O2/c27-22-19-15-23-9-5-16(19)8-12-26(22)14-13-25-10-6-17(7-11-25)21-18-3-1-2-4-20(18)28-24-21/h1-5,9,15,17H,6-8,10-14H2. The van der Waals surface area contributed by atoms with Crippen LogP contribution in [0.5, 0.6) is 0 Å². The fraction of sp³-hybridized carbons (Fsp3) is 0.409. The summed E-state index contributed by atoms with van der Waals surface area (Å²) >= 11 is 0. The molecule has 6 heteroatoms. The van der Waals surface area contributed by atoms with Crippen LogP contribution in [0, 0.1) is 0 Å². The number of pyridine rings is 1. The predicted molar refractivity (Wildman–Crippen MR) is 106 cm³/mol. The van der Waals surface area contributed by atoms with Crippen LogP contribution in [0.2, 0.25) is 0 Å². The molecule has 1 saturated heterocycles. The molecule has 0 saturated carbocycles. The molecule has 0 aliphatic carbocycles. The summed E-state index contributed by atoms with van der Waals surface area (Å²) in [5.41, 5.74) is 3.87. The van der Waals surface area contributed by atoms with E-state index in [9.17, 15) is 4.79 Å². The molecule has 1 aromatic carbocycles. The predicted octanol–water partition coefficient (Wildman–Crippen LogP) is 3.10. The van der Waals surface area contributed by atoms with E-state index in [1.807, 2.05) is 29.2 Å². The molecule has 144 valence electrons. The summed E-state index contributed by atoms with van der Waals surface area (Å²) < 4.78 is 5.48. The minimum absolute atomic E-state index is 0.123. The van der Waals surface area contributed by atoms with Crippen molar-refractivity contribution >= 4 is 16.9 Å². The lowest BCUT2D eigenvalue weighted by atomic mass is 9.91. The van der Waals surface area contributed by atoms with E-state index in [1.165, 1.54) is 0 Å². The first-order chi connectivity index (χ1) is 13.8. The molecule has 2 aliphatic rings. The van der Waals surface area contributed by atoms with Gasteiger partial charge in [0.15, 0.2) is 5.58 Å². The Hall–Kier alpha value is -2.73. The van der Waals surface area contributed by atoms with Gasteiger partial charge in [0.2, 0.25) is 0 Å². The second-order valence-corrected chi connectivity index (χ2v) is 7.75. The van der Waals surface area contributed by atoms with Crippen LogP contribution in [0.25, 0.3) is 11.0 Å². The van der Waals surface area contributed by atoms with Gasteiger partial charge in [0.05, 0.1) is 11.3 Å². The number of likely N-dealkylation sites (tertiary alicyclic amines) is 1. The Morgan fingerprint density at radius 3 is 2.82 bits per heavy atom. The zero-order valence-corrected chi connectivity index (χ0v) is 15.9. The number of hydrogen-bond acceptors (Lipinski definition) is 5. The quantitative estimate of drug-likeness (QED) is 0.700. The number of rotatable bonds is 4. The van der Waals surface area contributed by atoms with E-state index >= 15 is 0 Å². The molecule has 28 heavy (non-hydrogen) atoms. The van der Waals surface area contributed by atoms with Crippen LogP contribution in [-0.2, 0) is 6.42 Å². The van der Waals surface area contributed by atoms with Crippen molar-refractivity contribution in [1.29, 1.82) is 0 Å². The summed E-state index contributed by atoms with van der Waals surface area (Å²) in [5.74, 6) is 0.577. The Bertz CT molecular complexity index is 991. The highest BCUT2D eigenvalue weighted by atomic mass is 16.5. The zero-order chi connectivity index (χ0) is 18.9. The Morgan fingerprint density at radius 1 is 1.07 bits per heavy atom. The lowest BCUT2D eigenvalue weighted by Gasteiger charge is -2.34. The van der Waals surface area contributed by atoms with Crippen LogP contribution in [0.3, 0.4) is 0 Å². The number of carbonyl (C=O) groups is 1. The third kappa shape index (κ3) is 3.18. The average Bonchev–Trinajstić information content (AvgIpc) is 3.18. The number of hydrogen-bond donors (Lipinski definition) is 0. The lowest BCUT2D eigenvalue weighted by Crippen LogP contribution is -2.44. The maximum absolute atomic E-state index is 12.7. The van der Waals surface area contributed by atoms with Crippen LogP contribution in [0.1, 0.15) is 40.4 Å². The van der Waals surface area contributed by atoms with E-state index in [1.54, 1.807) is 12.4 Å². The van der Waals surface area contributed by atoms with Crippen molar-refractivity contribution < 1.29 is 9.32 Å². The number of piperidine rings is 1. The number of para-hydroxylation sites is 1. The minimum atomic E-state index is 0.123. The highest BCUT2D eigenvalue weighted by molar-refractivity contribution is 5.96. The van der Waals surface area contributed by atoms with Gasteiger partial charge in [0.1, 0.15) is 0 Å². The fourth-order valence-electron chi connectivity index (χ4n) is 4.47. The second-order valence-electron chi connectivity index (χ2n) is 7.75. The van der Waals surface area contributed by atoms with Crippen molar-refractivity contribution in [3.63, 3.8) is 0 Å². The molecule has 2 aliphatic heterocycles. The van der Waals surface area contributed by atoms with Crippen molar-refractivity contribution in [2.75, 3.05) is 32.7 Å². The Labute approximate surface area is 164 Å². The monoisotopic (exact) mass is 376 g/mol. The molecule has 0 unspecified atom stereocenters. The van der Waals surface area contributed by atoms with Crippen LogP contribution in [0.15, 0.2) is 47.2 Å². The van der Waals surface area contributed by atoms with Gasteiger partial charge in [0, 0.05) is 43.3 Å². The molecule has 0 radical (unpaired) electrons. The van der Waals surface area contributed by atoms with Crippen LogP contribution < -0.4 is 0 Å². The Morgan fingerprint density at radius 2 is 1.93 bits per heavy atom. The van der Waals surface area contributed by atoms with Crippen LogP contribution in [0.4, 0.5) is 0 Å². The van der Waals surface area contributed by atoms with Crippen molar-refractivity contribution in [3.8, 4) is 0 Å². The van der Waals surface area contributed by atoms with Crippen LogP contribution >= 0.6 is 0 Å². The molecule has 3 aromatic rings. The summed E-state index contributed by atoms with van der Waals surface area (Å²) in [6, 6.07) is 10.1. The Balaban J connectivity index is 1.17. The van der Waals surface area contributed by atoms with E-state index in [0.29, 0.717) is 5.92 Å². The van der Waals surface area contributed by atoms with Gasteiger partial charge in [0.25, 0.3) is 5.91 Å². The third-order valence-corrected chi connectivity index (χ3v) is 6.15. The third-order valence-electron chi connectivity index (χ3n) is 6.15. The van der Waals surface area contributed by atoms with Crippen molar-refractivity contribution in [2.45, 2.75) is 25.2 Å². The molecule has 5 rings (SSSR count). The number of nitrogens with zero attached hydrogens (tertiary/aromatic N) is 4. The number of benzene rings is 1. The summed E-state index contributed by atoms with van der Waals surface area (Å²) in [6.45, 7) is 4.58. The van der Waals surface area contributed by atoms with Gasteiger partial charge in [-0.15, -0.1) is 0 Å². The number of aromatic nitrogens is 2. The van der Waals surface area contributed by atoms with E-state index in [2.05, 4.69) is 21.1 Å². The number of carbonyl (C=O) groups excluding carboxylic acids is 1. The molecule has 6 nitrogen and oxygen atoms in total. The van der Waals surface area contributed by atoms with E-state index in [0.717, 1.165) is 79.8 Å². The van der Waals surface area contributed by atoms with Gasteiger partial charge in [-0.1, -0.05) is 17.3 Å². The zero-order valence-electron chi connectivity index (χ0n) is 15.9. The van der Waals surface area contributed by atoms with Gasteiger partial charge in [-0.2, -0.15) is 0 Å². The fourth-order valence-corrected chi connectivity index (χ4v) is 4.47. The highest BCUT2D eigenvalue weighted by Gasteiger charge is 2.27. The van der Waals surface area contributed by atoms with Crippen molar-refractivity contribution in [1.82, 2.24) is 19.9 Å². The molecule has 0 bridgehead atoms. The average molecular weight is 376 g/mol.